The lowest BCUT2D eigenvalue weighted by molar-refractivity contribution is -0.384. The van der Waals surface area contributed by atoms with Crippen molar-refractivity contribution in [2.24, 2.45) is 5.73 Å². The highest BCUT2D eigenvalue weighted by molar-refractivity contribution is 5.36. The Morgan fingerprint density at radius 1 is 1.29 bits per heavy atom. The largest absolute Gasteiger partial charge is 0.463 e. The third-order valence-corrected chi connectivity index (χ3v) is 3.23. The second-order valence-corrected chi connectivity index (χ2v) is 4.65. The molecule has 0 aromatic heterocycles. The van der Waals surface area contributed by atoms with Gasteiger partial charge in [0.05, 0.1) is 17.6 Å². The first-order valence-electron chi connectivity index (χ1n) is 6.23. The minimum atomic E-state index is -1.32. The molecule has 0 saturated carbocycles. The summed E-state index contributed by atoms with van der Waals surface area (Å²) >= 11 is 0. The van der Waals surface area contributed by atoms with Gasteiger partial charge in [0.2, 0.25) is 6.29 Å². The van der Waals surface area contributed by atoms with Crippen LogP contribution < -0.4 is 10.5 Å². The molecule has 5 N–H and O–H groups in total. The number of aliphatic hydroxyl groups excluding tert-OH is 3. The first-order valence-corrected chi connectivity index (χ1v) is 6.23. The van der Waals surface area contributed by atoms with Crippen LogP contribution in [0.2, 0.25) is 0 Å². The Balaban J connectivity index is 2.08. The fourth-order valence-electron chi connectivity index (χ4n) is 1.99. The molecular formula is C12H16N2O7. The molecule has 1 aliphatic heterocycles. The van der Waals surface area contributed by atoms with Gasteiger partial charge in [-0.1, -0.05) is 0 Å². The van der Waals surface area contributed by atoms with Crippen LogP contribution in [-0.4, -0.2) is 57.5 Å². The Morgan fingerprint density at radius 3 is 2.43 bits per heavy atom. The Kier molecular flexibility index (Phi) is 4.70. The van der Waals surface area contributed by atoms with Gasteiger partial charge in [0, 0.05) is 12.1 Å². The quantitative estimate of drug-likeness (QED) is 0.397. The van der Waals surface area contributed by atoms with Crippen LogP contribution in [0.15, 0.2) is 24.3 Å². The highest BCUT2D eigenvalue weighted by Crippen LogP contribution is 2.24. The van der Waals surface area contributed by atoms with E-state index in [9.17, 15) is 20.3 Å². The molecule has 21 heavy (non-hydrogen) atoms. The minimum absolute atomic E-state index is 0.0973. The number of nitrogens with two attached hydrogens (primary N) is 1. The van der Waals surface area contributed by atoms with Crippen molar-refractivity contribution in [1.82, 2.24) is 0 Å². The van der Waals surface area contributed by atoms with Crippen LogP contribution in [-0.2, 0) is 4.74 Å². The smallest absolute Gasteiger partial charge is 0.269 e. The van der Waals surface area contributed by atoms with E-state index in [2.05, 4.69) is 0 Å². The van der Waals surface area contributed by atoms with E-state index in [1.54, 1.807) is 0 Å². The zero-order chi connectivity index (χ0) is 15.6. The molecule has 0 amide bonds. The van der Waals surface area contributed by atoms with E-state index in [1.165, 1.54) is 24.3 Å². The normalized spacial score (nSPS) is 32.7. The van der Waals surface area contributed by atoms with Crippen molar-refractivity contribution in [1.29, 1.82) is 0 Å². The lowest BCUT2D eigenvalue weighted by atomic mass is 9.98. The summed E-state index contributed by atoms with van der Waals surface area (Å²) in [6.45, 7) is -0.509. The zero-order valence-corrected chi connectivity index (χ0v) is 10.9. The number of aliphatic hydroxyl groups is 3. The summed E-state index contributed by atoms with van der Waals surface area (Å²) in [5, 5.41) is 39.0. The molecule has 2 rings (SSSR count). The number of nitrogens with zero attached hydrogens (tertiary/aromatic N) is 1. The SMILES string of the molecule is N[C@H]1[C@H](Oc2ccc([N+](=O)[O-])cc2)O[C@H](CO)[C@@H](O)[C@@H]1O. The molecule has 1 aromatic rings. The number of rotatable bonds is 4. The van der Waals surface area contributed by atoms with Gasteiger partial charge >= 0.3 is 0 Å². The summed E-state index contributed by atoms with van der Waals surface area (Å²) in [4.78, 5) is 10.00. The summed E-state index contributed by atoms with van der Waals surface area (Å²) < 4.78 is 10.7. The summed E-state index contributed by atoms with van der Waals surface area (Å²) in [6, 6.07) is 4.19. The second kappa shape index (κ2) is 6.33. The van der Waals surface area contributed by atoms with Gasteiger partial charge in [-0.15, -0.1) is 0 Å². The fraction of sp³-hybridized carbons (Fsp3) is 0.500. The average Bonchev–Trinajstić information content (AvgIpc) is 2.48. The molecule has 9 nitrogen and oxygen atoms in total. The highest BCUT2D eigenvalue weighted by Gasteiger charge is 2.43. The van der Waals surface area contributed by atoms with Gasteiger partial charge in [0.25, 0.3) is 5.69 Å². The van der Waals surface area contributed by atoms with E-state index >= 15 is 0 Å². The average molecular weight is 300 g/mol. The van der Waals surface area contributed by atoms with Crippen molar-refractivity contribution in [3.8, 4) is 5.75 Å². The first-order chi connectivity index (χ1) is 9.93. The molecule has 1 aliphatic rings. The maximum Gasteiger partial charge on any atom is 0.269 e. The van der Waals surface area contributed by atoms with Crippen molar-refractivity contribution in [2.75, 3.05) is 6.61 Å². The van der Waals surface area contributed by atoms with Crippen molar-refractivity contribution in [2.45, 2.75) is 30.6 Å². The molecule has 1 fully saturated rings. The third-order valence-electron chi connectivity index (χ3n) is 3.23. The predicted octanol–water partition coefficient (Wildman–Crippen LogP) is -1.26. The van der Waals surface area contributed by atoms with E-state index in [1.807, 2.05) is 0 Å². The van der Waals surface area contributed by atoms with Gasteiger partial charge in [-0.25, -0.2) is 0 Å². The Morgan fingerprint density at radius 2 is 1.90 bits per heavy atom. The summed E-state index contributed by atoms with van der Waals surface area (Å²) in [5.74, 6) is 0.251. The fourth-order valence-corrected chi connectivity index (χ4v) is 1.99. The standard InChI is InChI=1S/C12H16N2O7/c13-9-11(17)10(16)8(5-15)21-12(9)20-7-3-1-6(2-4-7)14(18)19/h1-4,8-12,15-17H,5,13H2/t8-,9-,10-,11-,12-/m1/s1. The van der Waals surface area contributed by atoms with Crippen LogP contribution in [0.1, 0.15) is 0 Å². The first kappa shape index (κ1) is 15.6. The van der Waals surface area contributed by atoms with Crippen LogP contribution >= 0.6 is 0 Å². The third kappa shape index (κ3) is 3.28. The lowest BCUT2D eigenvalue weighted by Gasteiger charge is -2.40. The molecule has 1 aromatic carbocycles. The van der Waals surface area contributed by atoms with Gasteiger partial charge in [-0.05, 0) is 12.1 Å². The van der Waals surface area contributed by atoms with E-state index in [4.69, 9.17) is 20.3 Å². The van der Waals surface area contributed by atoms with Crippen molar-refractivity contribution >= 4 is 5.69 Å². The lowest BCUT2D eigenvalue weighted by Crippen LogP contribution is -2.63. The van der Waals surface area contributed by atoms with E-state index in [0.29, 0.717) is 0 Å². The monoisotopic (exact) mass is 300 g/mol. The topological polar surface area (TPSA) is 148 Å². The molecule has 1 saturated heterocycles. The van der Waals surface area contributed by atoms with Crippen LogP contribution in [0.3, 0.4) is 0 Å². The molecule has 5 atom stereocenters. The van der Waals surface area contributed by atoms with Crippen molar-refractivity contribution < 1.29 is 29.7 Å². The second-order valence-electron chi connectivity index (χ2n) is 4.65. The van der Waals surface area contributed by atoms with Gasteiger partial charge in [0.1, 0.15) is 24.1 Å². The van der Waals surface area contributed by atoms with Crippen LogP contribution in [0.4, 0.5) is 5.69 Å². The molecule has 0 bridgehead atoms. The molecule has 9 heteroatoms. The number of ether oxygens (including phenoxy) is 2. The highest BCUT2D eigenvalue weighted by atomic mass is 16.7. The molecule has 0 unspecified atom stereocenters. The summed E-state index contributed by atoms with van der Waals surface area (Å²) in [5.41, 5.74) is 5.61. The predicted molar refractivity (Wildman–Crippen MR) is 69.5 cm³/mol. The molecule has 0 radical (unpaired) electrons. The van der Waals surface area contributed by atoms with E-state index < -0.39 is 42.2 Å². The van der Waals surface area contributed by atoms with E-state index in [-0.39, 0.29) is 11.4 Å². The summed E-state index contributed by atoms with van der Waals surface area (Å²) in [7, 11) is 0. The van der Waals surface area contributed by atoms with Crippen LogP contribution in [0, 0.1) is 10.1 Å². The van der Waals surface area contributed by atoms with Gasteiger partial charge in [-0.2, -0.15) is 0 Å². The van der Waals surface area contributed by atoms with Gasteiger partial charge in [0.15, 0.2) is 0 Å². The summed E-state index contributed by atoms with van der Waals surface area (Å²) in [6.07, 6.45) is -4.76. The molecular weight excluding hydrogens is 284 g/mol. The zero-order valence-electron chi connectivity index (χ0n) is 10.9. The number of non-ortho nitro benzene ring substituents is 1. The maximum atomic E-state index is 10.5. The number of nitro groups is 1. The van der Waals surface area contributed by atoms with Gasteiger partial charge in [-0.3, -0.25) is 10.1 Å². The Labute approximate surface area is 119 Å². The molecule has 0 spiro atoms. The Bertz CT molecular complexity index is 493. The molecule has 1 heterocycles. The van der Waals surface area contributed by atoms with E-state index in [0.717, 1.165) is 0 Å². The van der Waals surface area contributed by atoms with Crippen LogP contribution in [0.5, 0.6) is 5.75 Å². The molecule has 116 valence electrons. The number of benzene rings is 1. The van der Waals surface area contributed by atoms with Crippen molar-refractivity contribution in [3.63, 3.8) is 0 Å². The Hall–Kier alpha value is -1.78. The number of hydrogen-bond acceptors (Lipinski definition) is 8. The minimum Gasteiger partial charge on any atom is -0.463 e. The van der Waals surface area contributed by atoms with Crippen LogP contribution in [0.25, 0.3) is 0 Å². The maximum absolute atomic E-state index is 10.5. The molecule has 0 aliphatic carbocycles. The van der Waals surface area contributed by atoms with Gasteiger partial charge < -0.3 is 30.5 Å². The number of hydrogen-bond donors (Lipinski definition) is 4. The number of nitro benzene ring substituents is 1. The van der Waals surface area contributed by atoms with Crippen molar-refractivity contribution in [3.05, 3.63) is 34.4 Å².